The van der Waals surface area contributed by atoms with Crippen molar-refractivity contribution >= 4 is 33.7 Å². The first-order chi connectivity index (χ1) is 9.03. The Kier molecular flexibility index (Phi) is 3.23. The van der Waals surface area contributed by atoms with Crippen molar-refractivity contribution in [1.82, 2.24) is 14.3 Å². The molecule has 104 valence electrons. The molecule has 0 unspecified atom stereocenters. The van der Waals surface area contributed by atoms with Crippen LogP contribution in [0.2, 0.25) is 0 Å². The fraction of sp³-hybridized carbons (Fsp3) is 0.615. The first-order valence-corrected chi connectivity index (χ1v) is 7.91. The molecule has 0 bridgehead atoms. The van der Waals surface area contributed by atoms with E-state index in [0.29, 0.717) is 5.88 Å². The third-order valence-electron chi connectivity index (χ3n) is 4.08. The smallest absolute Gasteiger partial charge is 0.195 e. The minimum atomic E-state index is 0.166. The number of alkyl halides is 1. The van der Waals surface area contributed by atoms with Crippen LogP contribution in [0.25, 0.3) is 4.96 Å². The summed E-state index contributed by atoms with van der Waals surface area (Å²) in [6.45, 7) is 7.60. The minimum Gasteiger partial charge on any atom is -0.352 e. The van der Waals surface area contributed by atoms with Crippen LogP contribution in [0.3, 0.4) is 0 Å². The Bertz CT molecular complexity index is 588. The second-order valence-corrected chi connectivity index (χ2v) is 6.87. The van der Waals surface area contributed by atoms with Crippen molar-refractivity contribution in [2.45, 2.75) is 25.3 Å². The van der Waals surface area contributed by atoms with Gasteiger partial charge in [-0.3, -0.25) is 9.30 Å². The zero-order valence-electron chi connectivity index (χ0n) is 11.6. The summed E-state index contributed by atoms with van der Waals surface area (Å²) in [7, 11) is 2.19. The molecule has 6 heteroatoms. The molecule has 0 aromatic carbocycles. The van der Waals surface area contributed by atoms with E-state index in [2.05, 4.69) is 46.7 Å². The summed E-state index contributed by atoms with van der Waals surface area (Å²) < 4.78 is 2.11. The van der Waals surface area contributed by atoms with Crippen molar-refractivity contribution in [3.63, 3.8) is 0 Å². The number of thiazole rings is 1. The van der Waals surface area contributed by atoms with Gasteiger partial charge in [0, 0.05) is 36.8 Å². The van der Waals surface area contributed by atoms with Crippen LogP contribution in [0, 0.1) is 0 Å². The molecular formula is C13H19ClN4S. The van der Waals surface area contributed by atoms with Gasteiger partial charge in [-0.05, 0) is 20.9 Å². The molecule has 0 amide bonds. The number of hydrogen-bond donors (Lipinski definition) is 0. The van der Waals surface area contributed by atoms with Gasteiger partial charge in [0.2, 0.25) is 0 Å². The molecule has 0 aliphatic carbocycles. The molecule has 3 rings (SSSR count). The predicted octanol–water partition coefficient (Wildman–Crippen LogP) is 2.67. The molecule has 0 spiro atoms. The molecule has 0 atom stereocenters. The van der Waals surface area contributed by atoms with Crippen LogP contribution in [-0.4, -0.2) is 46.5 Å². The second kappa shape index (κ2) is 4.65. The molecule has 0 N–H and O–H groups in total. The van der Waals surface area contributed by atoms with E-state index in [1.165, 1.54) is 0 Å². The Labute approximate surface area is 122 Å². The van der Waals surface area contributed by atoms with Gasteiger partial charge in [0.25, 0.3) is 0 Å². The van der Waals surface area contributed by atoms with Crippen molar-refractivity contribution in [2.75, 3.05) is 31.6 Å². The average Bonchev–Trinajstić information content (AvgIpc) is 2.92. The number of imidazole rings is 1. The lowest BCUT2D eigenvalue weighted by molar-refractivity contribution is 0.138. The number of halogens is 1. The number of piperazine rings is 1. The van der Waals surface area contributed by atoms with Crippen LogP contribution in [0.4, 0.5) is 5.82 Å². The van der Waals surface area contributed by atoms with E-state index < -0.39 is 0 Å². The lowest BCUT2D eigenvalue weighted by Crippen LogP contribution is -2.58. The van der Waals surface area contributed by atoms with Gasteiger partial charge in [0.05, 0.1) is 11.6 Å². The van der Waals surface area contributed by atoms with Crippen LogP contribution in [-0.2, 0) is 5.88 Å². The van der Waals surface area contributed by atoms with Gasteiger partial charge in [-0.25, -0.2) is 4.98 Å². The van der Waals surface area contributed by atoms with E-state index in [1.807, 2.05) is 0 Å². The van der Waals surface area contributed by atoms with Crippen LogP contribution < -0.4 is 4.90 Å². The normalized spacial score (nSPS) is 20.3. The Balaban J connectivity index is 1.98. The molecule has 1 saturated heterocycles. The van der Waals surface area contributed by atoms with Gasteiger partial charge in [-0.2, -0.15) is 0 Å². The molecule has 0 saturated carbocycles. The zero-order valence-corrected chi connectivity index (χ0v) is 13.1. The molecule has 1 aliphatic rings. The molecular weight excluding hydrogens is 280 g/mol. The summed E-state index contributed by atoms with van der Waals surface area (Å²) in [6, 6.07) is 0. The number of rotatable bonds is 2. The van der Waals surface area contributed by atoms with E-state index in [9.17, 15) is 0 Å². The van der Waals surface area contributed by atoms with Gasteiger partial charge in [0.1, 0.15) is 0 Å². The van der Waals surface area contributed by atoms with Crippen molar-refractivity contribution in [2.24, 2.45) is 0 Å². The largest absolute Gasteiger partial charge is 0.352 e. The van der Waals surface area contributed by atoms with Crippen molar-refractivity contribution in [1.29, 1.82) is 0 Å². The molecule has 1 fully saturated rings. The van der Waals surface area contributed by atoms with Crippen molar-refractivity contribution < 1.29 is 0 Å². The fourth-order valence-corrected chi connectivity index (χ4v) is 3.60. The summed E-state index contributed by atoms with van der Waals surface area (Å²) in [6.07, 6.45) is 2.05. The topological polar surface area (TPSA) is 23.8 Å². The number of likely N-dealkylation sites (N-methyl/N-ethyl adjacent to an activating group) is 1. The summed E-state index contributed by atoms with van der Waals surface area (Å²) in [4.78, 5) is 10.6. The van der Waals surface area contributed by atoms with Crippen molar-refractivity contribution in [3.8, 4) is 0 Å². The van der Waals surface area contributed by atoms with E-state index in [4.69, 9.17) is 16.6 Å². The Hall–Kier alpha value is -0.780. The highest BCUT2D eigenvalue weighted by Crippen LogP contribution is 2.29. The monoisotopic (exact) mass is 298 g/mol. The Morgan fingerprint density at radius 2 is 2.21 bits per heavy atom. The minimum absolute atomic E-state index is 0.166. The predicted molar refractivity (Wildman–Crippen MR) is 81.5 cm³/mol. The fourth-order valence-electron chi connectivity index (χ4n) is 2.62. The van der Waals surface area contributed by atoms with Crippen molar-refractivity contribution in [3.05, 3.63) is 17.3 Å². The first-order valence-electron chi connectivity index (χ1n) is 6.49. The Morgan fingerprint density at radius 3 is 2.89 bits per heavy atom. The third-order valence-corrected chi connectivity index (χ3v) is 5.09. The number of nitrogens with zero attached hydrogens (tertiary/aromatic N) is 4. The lowest BCUT2D eigenvalue weighted by Gasteiger charge is -2.45. The number of aromatic nitrogens is 2. The van der Waals surface area contributed by atoms with E-state index in [1.54, 1.807) is 11.3 Å². The number of anilines is 1. The zero-order chi connectivity index (χ0) is 13.6. The Morgan fingerprint density at radius 1 is 1.42 bits per heavy atom. The van der Waals surface area contributed by atoms with Gasteiger partial charge >= 0.3 is 0 Å². The average molecular weight is 299 g/mol. The molecule has 4 nitrogen and oxygen atoms in total. The lowest BCUT2D eigenvalue weighted by atomic mass is 10.00. The van der Waals surface area contributed by atoms with E-state index >= 15 is 0 Å². The van der Waals surface area contributed by atoms with Crippen LogP contribution in [0.15, 0.2) is 11.6 Å². The van der Waals surface area contributed by atoms with Gasteiger partial charge in [-0.15, -0.1) is 22.9 Å². The molecule has 3 heterocycles. The standard InChI is InChI=1S/C13H19ClN4S/c1-13(2)9-17(5-4-16(13)3)11-10(8-14)18-6-7-19-12(18)15-11/h6-7H,4-5,8-9H2,1-3H3. The molecule has 19 heavy (non-hydrogen) atoms. The van der Waals surface area contributed by atoms with Gasteiger partial charge in [-0.1, -0.05) is 0 Å². The third kappa shape index (κ3) is 2.14. The first kappa shape index (κ1) is 13.2. The summed E-state index contributed by atoms with van der Waals surface area (Å²) in [5, 5.41) is 2.05. The summed E-state index contributed by atoms with van der Waals surface area (Å²) in [5.41, 5.74) is 1.28. The molecule has 1 aliphatic heterocycles. The van der Waals surface area contributed by atoms with E-state index in [0.717, 1.165) is 36.1 Å². The van der Waals surface area contributed by atoms with Crippen LogP contribution in [0.5, 0.6) is 0 Å². The van der Waals surface area contributed by atoms with Gasteiger partial charge < -0.3 is 4.90 Å². The summed E-state index contributed by atoms with van der Waals surface area (Å²) in [5.74, 6) is 1.56. The highest BCUT2D eigenvalue weighted by Gasteiger charge is 2.33. The number of hydrogen-bond acceptors (Lipinski definition) is 4. The maximum Gasteiger partial charge on any atom is 0.195 e. The van der Waals surface area contributed by atoms with Crippen LogP contribution >= 0.6 is 22.9 Å². The molecule has 0 radical (unpaired) electrons. The maximum atomic E-state index is 6.14. The maximum absolute atomic E-state index is 6.14. The quantitative estimate of drug-likeness (QED) is 0.797. The number of fused-ring (bicyclic) bond motifs is 1. The highest BCUT2D eigenvalue weighted by atomic mass is 35.5. The van der Waals surface area contributed by atoms with E-state index in [-0.39, 0.29) is 5.54 Å². The van der Waals surface area contributed by atoms with Gasteiger partial charge in [0.15, 0.2) is 10.8 Å². The SMILES string of the molecule is CN1CCN(c2nc3sccn3c2CCl)CC1(C)C. The molecule has 2 aromatic rings. The van der Waals surface area contributed by atoms with Crippen LogP contribution in [0.1, 0.15) is 19.5 Å². The summed E-state index contributed by atoms with van der Waals surface area (Å²) >= 11 is 7.79. The molecule has 2 aromatic heterocycles. The highest BCUT2D eigenvalue weighted by molar-refractivity contribution is 7.15. The second-order valence-electron chi connectivity index (χ2n) is 5.73.